The van der Waals surface area contributed by atoms with E-state index >= 15 is 0 Å². The molecule has 2 heteroatoms. The molecular formula is C18H30N2. The smallest absolute Gasteiger partial charge is 0.0573 e. The average molecular weight is 274 g/mol. The van der Waals surface area contributed by atoms with Crippen molar-refractivity contribution in [3.05, 3.63) is 29.6 Å². The zero-order valence-corrected chi connectivity index (χ0v) is 13.4. The first-order valence-electron chi connectivity index (χ1n) is 8.36. The van der Waals surface area contributed by atoms with E-state index in [-0.39, 0.29) is 0 Å². The third-order valence-electron chi connectivity index (χ3n) is 4.88. The molecule has 1 aromatic rings. The van der Waals surface area contributed by atoms with Crippen molar-refractivity contribution in [1.29, 1.82) is 0 Å². The molecule has 0 radical (unpaired) electrons. The predicted molar refractivity (Wildman–Crippen MR) is 85.7 cm³/mol. The van der Waals surface area contributed by atoms with E-state index in [1.54, 1.807) is 0 Å². The standard InChI is InChI=1S/C18H30N2/c1-4-15-8-6-12-19-18(15)13-20-17-9-5-7-16(10-11-17)14(2)3/h6,8,12,14,16-17,20H,4-5,7,9-11,13H2,1-3H3. The highest BCUT2D eigenvalue weighted by atomic mass is 14.9. The summed E-state index contributed by atoms with van der Waals surface area (Å²) in [7, 11) is 0. The van der Waals surface area contributed by atoms with Crippen LogP contribution in [0, 0.1) is 11.8 Å². The molecule has 1 fully saturated rings. The molecule has 0 amide bonds. The van der Waals surface area contributed by atoms with Crippen molar-refractivity contribution in [3.63, 3.8) is 0 Å². The Hall–Kier alpha value is -0.890. The molecule has 0 saturated heterocycles. The van der Waals surface area contributed by atoms with Crippen LogP contribution in [-0.2, 0) is 13.0 Å². The molecule has 1 saturated carbocycles. The summed E-state index contributed by atoms with van der Waals surface area (Å²) in [5.41, 5.74) is 2.62. The van der Waals surface area contributed by atoms with Gasteiger partial charge in [0.05, 0.1) is 5.69 Å². The molecule has 1 aliphatic rings. The Morgan fingerprint density at radius 2 is 2.10 bits per heavy atom. The van der Waals surface area contributed by atoms with E-state index in [9.17, 15) is 0 Å². The van der Waals surface area contributed by atoms with Gasteiger partial charge in [0.25, 0.3) is 0 Å². The average Bonchev–Trinajstić information content (AvgIpc) is 2.71. The van der Waals surface area contributed by atoms with Gasteiger partial charge in [-0.2, -0.15) is 0 Å². The van der Waals surface area contributed by atoms with E-state index in [1.807, 2.05) is 12.3 Å². The summed E-state index contributed by atoms with van der Waals surface area (Å²) in [6, 6.07) is 4.93. The highest BCUT2D eigenvalue weighted by Gasteiger charge is 2.20. The van der Waals surface area contributed by atoms with Crippen molar-refractivity contribution >= 4 is 0 Å². The topological polar surface area (TPSA) is 24.9 Å². The molecule has 1 aromatic heterocycles. The first-order valence-corrected chi connectivity index (χ1v) is 8.36. The molecule has 2 atom stereocenters. The number of aryl methyl sites for hydroxylation is 1. The fourth-order valence-corrected chi connectivity index (χ4v) is 3.39. The summed E-state index contributed by atoms with van der Waals surface area (Å²) in [6.07, 6.45) is 9.83. The summed E-state index contributed by atoms with van der Waals surface area (Å²) in [5, 5.41) is 3.75. The lowest BCUT2D eigenvalue weighted by molar-refractivity contribution is 0.337. The number of hydrogen-bond acceptors (Lipinski definition) is 2. The molecule has 2 unspecified atom stereocenters. The maximum Gasteiger partial charge on any atom is 0.0573 e. The van der Waals surface area contributed by atoms with E-state index in [0.29, 0.717) is 6.04 Å². The van der Waals surface area contributed by atoms with E-state index in [4.69, 9.17) is 0 Å². The largest absolute Gasteiger partial charge is 0.308 e. The van der Waals surface area contributed by atoms with Crippen LogP contribution in [0.4, 0.5) is 0 Å². The number of pyridine rings is 1. The molecule has 20 heavy (non-hydrogen) atoms. The molecule has 0 aromatic carbocycles. The zero-order chi connectivity index (χ0) is 14.4. The van der Waals surface area contributed by atoms with Crippen LogP contribution in [0.1, 0.15) is 64.1 Å². The Morgan fingerprint density at radius 1 is 1.25 bits per heavy atom. The van der Waals surface area contributed by atoms with Crippen LogP contribution in [0.2, 0.25) is 0 Å². The molecule has 0 aliphatic heterocycles. The Labute approximate surface area is 124 Å². The fraction of sp³-hybridized carbons (Fsp3) is 0.722. The van der Waals surface area contributed by atoms with Gasteiger partial charge in [0.15, 0.2) is 0 Å². The second-order valence-electron chi connectivity index (χ2n) is 6.55. The normalized spacial score (nSPS) is 23.8. The lowest BCUT2D eigenvalue weighted by Gasteiger charge is -2.19. The van der Waals surface area contributed by atoms with Crippen LogP contribution >= 0.6 is 0 Å². The van der Waals surface area contributed by atoms with Crippen LogP contribution < -0.4 is 5.32 Å². The quantitative estimate of drug-likeness (QED) is 0.808. The van der Waals surface area contributed by atoms with Gasteiger partial charge in [0, 0.05) is 18.8 Å². The van der Waals surface area contributed by atoms with Gasteiger partial charge in [-0.25, -0.2) is 0 Å². The van der Waals surface area contributed by atoms with E-state index < -0.39 is 0 Å². The SMILES string of the molecule is CCc1cccnc1CNC1CCCC(C(C)C)CC1. The van der Waals surface area contributed by atoms with E-state index in [1.165, 1.54) is 43.4 Å². The Kier molecular flexibility index (Phi) is 6.03. The van der Waals surface area contributed by atoms with Crippen molar-refractivity contribution < 1.29 is 0 Å². The maximum atomic E-state index is 4.54. The highest BCUT2D eigenvalue weighted by Crippen LogP contribution is 2.28. The van der Waals surface area contributed by atoms with Crippen LogP contribution in [-0.4, -0.2) is 11.0 Å². The zero-order valence-electron chi connectivity index (χ0n) is 13.4. The summed E-state index contributed by atoms with van der Waals surface area (Å²) < 4.78 is 0. The summed E-state index contributed by atoms with van der Waals surface area (Å²) in [4.78, 5) is 4.54. The minimum atomic E-state index is 0.686. The van der Waals surface area contributed by atoms with Crippen LogP contribution in [0.3, 0.4) is 0 Å². The van der Waals surface area contributed by atoms with Gasteiger partial charge in [-0.3, -0.25) is 4.98 Å². The fourth-order valence-electron chi connectivity index (χ4n) is 3.39. The predicted octanol–water partition coefficient (Wildman–Crippen LogP) is 4.34. The van der Waals surface area contributed by atoms with Gasteiger partial charge < -0.3 is 5.32 Å². The van der Waals surface area contributed by atoms with Crippen molar-refractivity contribution in [1.82, 2.24) is 10.3 Å². The van der Waals surface area contributed by atoms with E-state index in [0.717, 1.165) is 24.8 Å². The van der Waals surface area contributed by atoms with Crippen molar-refractivity contribution in [2.24, 2.45) is 11.8 Å². The molecule has 112 valence electrons. The molecule has 1 heterocycles. The molecule has 1 N–H and O–H groups in total. The molecule has 1 aliphatic carbocycles. The minimum Gasteiger partial charge on any atom is -0.308 e. The number of hydrogen-bond donors (Lipinski definition) is 1. The summed E-state index contributed by atoms with van der Waals surface area (Å²) in [6.45, 7) is 7.89. The second kappa shape index (κ2) is 7.78. The van der Waals surface area contributed by atoms with E-state index in [2.05, 4.69) is 37.1 Å². The highest BCUT2D eigenvalue weighted by molar-refractivity contribution is 5.19. The van der Waals surface area contributed by atoms with Crippen LogP contribution in [0.5, 0.6) is 0 Å². The minimum absolute atomic E-state index is 0.686. The number of nitrogens with zero attached hydrogens (tertiary/aromatic N) is 1. The Bertz CT molecular complexity index is 400. The second-order valence-corrected chi connectivity index (χ2v) is 6.55. The number of aromatic nitrogens is 1. The molecule has 0 bridgehead atoms. The van der Waals surface area contributed by atoms with Crippen molar-refractivity contribution in [2.45, 2.75) is 71.9 Å². The lowest BCUT2D eigenvalue weighted by atomic mass is 9.89. The lowest BCUT2D eigenvalue weighted by Crippen LogP contribution is -2.28. The maximum absolute atomic E-state index is 4.54. The van der Waals surface area contributed by atoms with Crippen LogP contribution in [0.15, 0.2) is 18.3 Å². The third-order valence-corrected chi connectivity index (χ3v) is 4.88. The summed E-state index contributed by atoms with van der Waals surface area (Å²) >= 11 is 0. The first-order chi connectivity index (χ1) is 9.70. The molecular weight excluding hydrogens is 244 g/mol. The number of nitrogens with one attached hydrogen (secondary N) is 1. The van der Waals surface area contributed by atoms with Crippen molar-refractivity contribution in [2.75, 3.05) is 0 Å². The van der Waals surface area contributed by atoms with Gasteiger partial charge >= 0.3 is 0 Å². The van der Waals surface area contributed by atoms with Gasteiger partial charge in [-0.15, -0.1) is 0 Å². The van der Waals surface area contributed by atoms with Gasteiger partial charge in [0.1, 0.15) is 0 Å². The summed E-state index contributed by atoms with van der Waals surface area (Å²) in [5.74, 6) is 1.78. The Morgan fingerprint density at radius 3 is 2.85 bits per heavy atom. The van der Waals surface area contributed by atoms with Gasteiger partial charge in [-0.1, -0.05) is 39.7 Å². The molecule has 2 nitrogen and oxygen atoms in total. The van der Waals surface area contributed by atoms with Gasteiger partial charge in [-0.05, 0) is 49.1 Å². The number of rotatable bonds is 5. The Balaban J connectivity index is 1.85. The first kappa shape index (κ1) is 15.5. The van der Waals surface area contributed by atoms with Gasteiger partial charge in [0.2, 0.25) is 0 Å². The molecule has 2 rings (SSSR count). The van der Waals surface area contributed by atoms with Crippen molar-refractivity contribution in [3.8, 4) is 0 Å². The molecule has 0 spiro atoms. The monoisotopic (exact) mass is 274 g/mol. The van der Waals surface area contributed by atoms with Crippen LogP contribution in [0.25, 0.3) is 0 Å². The third kappa shape index (κ3) is 4.31.